The molecule has 1 unspecified atom stereocenters. The summed E-state index contributed by atoms with van der Waals surface area (Å²) < 4.78 is 37.5. The monoisotopic (exact) mass is 248 g/mol. The topological polar surface area (TPSA) is 34.0 Å². The molecule has 1 atom stereocenters. The molecule has 0 aliphatic heterocycles. The molecule has 0 radical (unpaired) electrons. The van der Waals surface area contributed by atoms with Crippen LogP contribution in [0, 0.1) is 0 Å². The van der Waals surface area contributed by atoms with Gasteiger partial charge >= 0.3 is 6.18 Å². The van der Waals surface area contributed by atoms with Gasteiger partial charge in [0.25, 0.3) is 5.56 Å². The van der Waals surface area contributed by atoms with Crippen LogP contribution in [0.4, 0.5) is 13.2 Å². The summed E-state index contributed by atoms with van der Waals surface area (Å²) in [6.07, 6.45) is -3.41. The Morgan fingerprint density at radius 2 is 2.12 bits per heavy atom. The van der Waals surface area contributed by atoms with Crippen LogP contribution in [0.1, 0.15) is 13.3 Å². The number of nitrogens with zero attached hydrogens (tertiary/aromatic N) is 1. The van der Waals surface area contributed by atoms with Gasteiger partial charge in [-0.15, -0.1) is 0 Å². The molecule has 6 heteroatoms. The van der Waals surface area contributed by atoms with Gasteiger partial charge in [0.05, 0.1) is 6.42 Å². The maximum absolute atomic E-state index is 12.0. The summed E-state index contributed by atoms with van der Waals surface area (Å²) >= 11 is 0. The number of hydrogen-bond donors (Lipinski definition) is 1. The quantitative estimate of drug-likeness (QED) is 0.861. The van der Waals surface area contributed by atoms with Crippen LogP contribution >= 0.6 is 0 Å². The molecule has 1 heterocycles. The lowest BCUT2D eigenvalue weighted by atomic mass is 10.2. The minimum Gasteiger partial charge on any atom is -0.314 e. The van der Waals surface area contributed by atoms with E-state index in [1.54, 1.807) is 18.3 Å². The summed E-state index contributed by atoms with van der Waals surface area (Å²) in [5, 5.41) is 2.74. The Morgan fingerprint density at radius 3 is 2.71 bits per heavy atom. The number of nitrogens with one attached hydrogen (secondary N) is 1. The van der Waals surface area contributed by atoms with Crippen molar-refractivity contribution in [2.75, 3.05) is 6.54 Å². The first-order chi connectivity index (χ1) is 7.88. The molecule has 96 valence electrons. The van der Waals surface area contributed by atoms with Gasteiger partial charge in [-0.05, 0) is 13.0 Å². The van der Waals surface area contributed by atoms with E-state index in [1.165, 1.54) is 17.6 Å². The summed E-state index contributed by atoms with van der Waals surface area (Å²) in [5.41, 5.74) is -0.155. The van der Waals surface area contributed by atoms with Crippen molar-refractivity contribution < 1.29 is 13.2 Å². The zero-order chi connectivity index (χ0) is 12.9. The predicted octanol–water partition coefficient (Wildman–Crippen LogP) is 1.78. The van der Waals surface area contributed by atoms with E-state index < -0.39 is 18.6 Å². The second-order valence-electron chi connectivity index (χ2n) is 3.91. The van der Waals surface area contributed by atoms with Gasteiger partial charge in [0, 0.05) is 31.4 Å². The molecule has 1 N–H and O–H groups in total. The van der Waals surface area contributed by atoms with E-state index in [4.69, 9.17) is 0 Å². The van der Waals surface area contributed by atoms with E-state index in [0.717, 1.165) is 0 Å². The Bertz CT molecular complexity index is 400. The van der Waals surface area contributed by atoms with Crippen molar-refractivity contribution >= 4 is 0 Å². The summed E-state index contributed by atoms with van der Waals surface area (Å²) in [6.45, 7) is 2.17. The second-order valence-corrected chi connectivity index (χ2v) is 3.91. The van der Waals surface area contributed by atoms with E-state index in [-0.39, 0.29) is 5.56 Å². The number of alkyl halides is 3. The third-order valence-electron chi connectivity index (χ3n) is 2.28. The summed E-state index contributed by atoms with van der Waals surface area (Å²) in [5.74, 6) is 0. The number of rotatable bonds is 5. The van der Waals surface area contributed by atoms with Crippen LogP contribution < -0.4 is 10.9 Å². The first-order valence-corrected chi connectivity index (χ1v) is 5.34. The molecule has 0 bridgehead atoms. The minimum absolute atomic E-state index is 0.155. The van der Waals surface area contributed by atoms with Crippen LogP contribution in [0.5, 0.6) is 0 Å². The molecule has 3 nitrogen and oxygen atoms in total. The van der Waals surface area contributed by atoms with Crippen LogP contribution in [0.15, 0.2) is 29.2 Å². The number of hydrogen-bond acceptors (Lipinski definition) is 2. The lowest BCUT2D eigenvalue weighted by Crippen LogP contribution is -2.34. The van der Waals surface area contributed by atoms with Crippen LogP contribution in [-0.4, -0.2) is 23.3 Å². The SMILES string of the molecule is CC(CC(F)(F)F)NCCn1ccccc1=O. The zero-order valence-electron chi connectivity index (χ0n) is 9.50. The van der Waals surface area contributed by atoms with Crippen molar-refractivity contribution in [1.82, 2.24) is 9.88 Å². The molecular weight excluding hydrogens is 233 g/mol. The molecule has 0 fully saturated rings. The van der Waals surface area contributed by atoms with Crippen molar-refractivity contribution in [1.29, 1.82) is 0 Å². The average molecular weight is 248 g/mol. The first kappa shape index (κ1) is 13.8. The number of halogens is 3. The van der Waals surface area contributed by atoms with Crippen LogP contribution in [0.3, 0.4) is 0 Å². The largest absolute Gasteiger partial charge is 0.390 e. The van der Waals surface area contributed by atoms with E-state index in [0.29, 0.717) is 13.1 Å². The lowest BCUT2D eigenvalue weighted by Gasteiger charge is -2.16. The van der Waals surface area contributed by atoms with E-state index in [1.807, 2.05) is 0 Å². The molecule has 0 aliphatic rings. The summed E-state index contributed by atoms with van der Waals surface area (Å²) in [7, 11) is 0. The molecule has 0 amide bonds. The molecule has 17 heavy (non-hydrogen) atoms. The molecule has 0 aromatic carbocycles. The van der Waals surface area contributed by atoms with Gasteiger partial charge in [-0.25, -0.2) is 0 Å². The highest BCUT2D eigenvalue weighted by Gasteiger charge is 2.29. The zero-order valence-corrected chi connectivity index (χ0v) is 9.50. The van der Waals surface area contributed by atoms with Gasteiger partial charge in [-0.3, -0.25) is 4.79 Å². The Morgan fingerprint density at radius 1 is 1.41 bits per heavy atom. The molecule has 0 aliphatic carbocycles. The van der Waals surface area contributed by atoms with E-state index >= 15 is 0 Å². The van der Waals surface area contributed by atoms with Gasteiger partial charge in [0.15, 0.2) is 0 Å². The van der Waals surface area contributed by atoms with Gasteiger partial charge in [-0.1, -0.05) is 6.07 Å². The van der Waals surface area contributed by atoms with Gasteiger partial charge < -0.3 is 9.88 Å². The summed E-state index contributed by atoms with van der Waals surface area (Å²) in [4.78, 5) is 11.3. The maximum Gasteiger partial charge on any atom is 0.390 e. The second kappa shape index (κ2) is 5.86. The molecule has 0 spiro atoms. The molecule has 1 aromatic heterocycles. The average Bonchev–Trinajstić information content (AvgIpc) is 2.18. The fourth-order valence-corrected chi connectivity index (χ4v) is 1.50. The minimum atomic E-state index is -4.16. The highest BCUT2D eigenvalue weighted by atomic mass is 19.4. The fourth-order valence-electron chi connectivity index (χ4n) is 1.50. The Hall–Kier alpha value is -1.30. The third-order valence-corrected chi connectivity index (χ3v) is 2.28. The van der Waals surface area contributed by atoms with Crippen LogP contribution in [0.25, 0.3) is 0 Å². The smallest absolute Gasteiger partial charge is 0.314 e. The van der Waals surface area contributed by atoms with Crippen LogP contribution in [-0.2, 0) is 6.54 Å². The number of aromatic nitrogens is 1. The Balaban J connectivity index is 2.34. The molecule has 1 rings (SSSR count). The molecule has 0 saturated heterocycles. The predicted molar refractivity (Wildman–Crippen MR) is 58.8 cm³/mol. The van der Waals surface area contributed by atoms with Crippen molar-refractivity contribution in [2.45, 2.75) is 32.1 Å². The third kappa shape index (κ3) is 5.53. The van der Waals surface area contributed by atoms with Crippen molar-refractivity contribution in [2.24, 2.45) is 0 Å². The highest BCUT2D eigenvalue weighted by molar-refractivity contribution is 4.93. The lowest BCUT2D eigenvalue weighted by molar-refractivity contribution is -0.139. The molecule has 0 saturated carbocycles. The van der Waals surface area contributed by atoms with Gasteiger partial charge in [0.1, 0.15) is 0 Å². The van der Waals surface area contributed by atoms with Gasteiger partial charge in [-0.2, -0.15) is 13.2 Å². The molecular formula is C11H15F3N2O. The summed E-state index contributed by atoms with van der Waals surface area (Å²) in [6, 6.07) is 4.10. The van der Waals surface area contributed by atoms with Crippen molar-refractivity contribution in [3.8, 4) is 0 Å². The van der Waals surface area contributed by atoms with Crippen molar-refractivity contribution in [3.05, 3.63) is 34.7 Å². The van der Waals surface area contributed by atoms with E-state index in [9.17, 15) is 18.0 Å². The Labute approximate surface area is 97.3 Å². The normalized spacial score (nSPS) is 13.6. The Kier molecular flexibility index (Phi) is 4.74. The highest BCUT2D eigenvalue weighted by Crippen LogP contribution is 2.21. The standard InChI is InChI=1S/C11H15F3N2O/c1-9(8-11(12,13)14)15-5-7-16-6-3-2-4-10(16)17/h2-4,6,9,15H,5,7-8H2,1H3. The van der Waals surface area contributed by atoms with Crippen molar-refractivity contribution in [3.63, 3.8) is 0 Å². The first-order valence-electron chi connectivity index (χ1n) is 5.34. The molecule has 1 aromatic rings. The number of pyridine rings is 1. The fraction of sp³-hybridized carbons (Fsp3) is 0.545. The van der Waals surface area contributed by atoms with Crippen LogP contribution in [0.2, 0.25) is 0 Å². The maximum atomic E-state index is 12.0. The van der Waals surface area contributed by atoms with Gasteiger partial charge in [0.2, 0.25) is 0 Å². The van der Waals surface area contributed by atoms with E-state index in [2.05, 4.69) is 5.32 Å².